The van der Waals surface area contributed by atoms with Crippen molar-refractivity contribution in [3.63, 3.8) is 0 Å². The summed E-state index contributed by atoms with van der Waals surface area (Å²) >= 11 is 13.1. The monoisotopic (exact) mass is 400 g/mol. The van der Waals surface area contributed by atoms with Crippen molar-refractivity contribution in [3.8, 4) is 0 Å². The molecule has 0 heterocycles. The molecule has 0 aliphatic rings. The second-order valence-electron chi connectivity index (χ2n) is 4.09. The predicted molar refractivity (Wildman–Crippen MR) is 86.2 cm³/mol. The molecule has 4 heteroatoms. The number of hydrogen-bond donors (Lipinski definition) is 0. The number of halogens is 3. The minimum absolute atomic E-state index is 0.0834. The van der Waals surface area contributed by atoms with Crippen molar-refractivity contribution in [3.05, 3.63) is 70.2 Å². The van der Waals surface area contributed by atoms with Crippen molar-refractivity contribution in [2.45, 2.75) is 10.2 Å². The Morgan fingerprint density at radius 1 is 1.00 bits per heavy atom. The lowest BCUT2D eigenvalue weighted by atomic mass is 10.0. The van der Waals surface area contributed by atoms with Gasteiger partial charge in [0.15, 0.2) is 5.78 Å². The molecule has 98 valence electrons. The van der Waals surface area contributed by atoms with Gasteiger partial charge in [-0.15, -0.1) is 11.6 Å². The van der Waals surface area contributed by atoms with Crippen LogP contribution in [0.1, 0.15) is 20.7 Å². The molecule has 0 bridgehead atoms. The molecule has 0 radical (unpaired) electrons. The molecule has 0 saturated heterocycles. The third-order valence-corrected chi connectivity index (χ3v) is 5.09. The summed E-state index contributed by atoms with van der Waals surface area (Å²) in [5.74, 6) is -0.0834. The lowest BCUT2D eigenvalue weighted by Gasteiger charge is -2.15. The Morgan fingerprint density at radius 3 is 2.16 bits per heavy atom. The highest BCUT2D eigenvalue weighted by Crippen LogP contribution is 2.32. The van der Waals surface area contributed by atoms with Gasteiger partial charge in [-0.05, 0) is 17.7 Å². The summed E-state index contributed by atoms with van der Waals surface area (Å²) in [6.07, 6.45) is 0. The number of hydrogen-bond acceptors (Lipinski definition) is 1. The summed E-state index contributed by atoms with van der Waals surface area (Å²) in [6.45, 7) is 0. The third kappa shape index (κ3) is 3.68. The van der Waals surface area contributed by atoms with E-state index in [1.807, 2.05) is 42.5 Å². The van der Waals surface area contributed by atoms with Crippen molar-refractivity contribution in [2.24, 2.45) is 0 Å². The first-order valence-corrected chi connectivity index (χ1v) is 7.87. The Morgan fingerprint density at radius 2 is 1.58 bits per heavy atom. The van der Waals surface area contributed by atoms with E-state index in [0.717, 1.165) is 10.0 Å². The first-order valence-electron chi connectivity index (χ1n) is 5.72. The highest BCUT2D eigenvalue weighted by Gasteiger charge is 2.26. The van der Waals surface area contributed by atoms with E-state index in [-0.39, 0.29) is 10.6 Å². The van der Waals surface area contributed by atoms with E-state index < -0.39 is 5.38 Å². The molecule has 2 atom stereocenters. The van der Waals surface area contributed by atoms with Crippen molar-refractivity contribution in [2.75, 3.05) is 0 Å². The van der Waals surface area contributed by atoms with Gasteiger partial charge in [0, 0.05) is 10.0 Å². The summed E-state index contributed by atoms with van der Waals surface area (Å²) in [4.78, 5) is 12.1. The average Bonchev–Trinajstić information content (AvgIpc) is 2.46. The fourth-order valence-electron chi connectivity index (χ4n) is 1.71. The van der Waals surface area contributed by atoms with Crippen LogP contribution in [0.25, 0.3) is 0 Å². The fourth-order valence-corrected chi connectivity index (χ4v) is 2.79. The molecular formula is C15H11Br2ClO. The van der Waals surface area contributed by atoms with E-state index in [0.29, 0.717) is 5.56 Å². The minimum atomic E-state index is -0.636. The van der Waals surface area contributed by atoms with Gasteiger partial charge in [-0.3, -0.25) is 4.79 Å². The molecule has 0 aliphatic heterocycles. The molecule has 1 nitrogen and oxygen atoms in total. The summed E-state index contributed by atoms with van der Waals surface area (Å²) in [5.41, 5.74) is 1.61. The van der Waals surface area contributed by atoms with Crippen LogP contribution < -0.4 is 0 Å². The highest BCUT2D eigenvalue weighted by atomic mass is 79.9. The topological polar surface area (TPSA) is 17.1 Å². The van der Waals surface area contributed by atoms with E-state index in [1.165, 1.54) is 0 Å². The van der Waals surface area contributed by atoms with Gasteiger partial charge in [0.25, 0.3) is 0 Å². The average molecular weight is 403 g/mol. The van der Waals surface area contributed by atoms with Crippen molar-refractivity contribution >= 4 is 49.2 Å². The number of alkyl halides is 2. The Kier molecular flexibility index (Phi) is 5.20. The third-order valence-electron chi connectivity index (χ3n) is 2.75. The number of carbonyl (C=O) groups is 1. The van der Waals surface area contributed by atoms with Crippen LogP contribution in [0.5, 0.6) is 0 Å². The molecule has 19 heavy (non-hydrogen) atoms. The number of benzene rings is 2. The Labute approximate surface area is 134 Å². The fraction of sp³-hybridized carbons (Fsp3) is 0.133. The molecule has 0 amide bonds. The van der Waals surface area contributed by atoms with Gasteiger partial charge in [-0.25, -0.2) is 0 Å². The maximum atomic E-state index is 12.3. The van der Waals surface area contributed by atoms with Crippen LogP contribution >= 0.6 is 43.5 Å². The zero-order valence-electron chi connectivity index (χ0n) is 9.89. The molecular weight excluding hydrogens is 391 g/mol. The Bertz CT molecular complexity index is 554. The number of Topliss-reactive ketones (excluding diaryl/α,β-unsaturated/α-hetero) is 1. The number of carbonyl (C=O) groups excluding carboxylic acids is 1. The first kappa shape index (κ1) is 14.8. The van der Waals surface area contributed by atoms with Gasteiger partial charge < -0.3 is 0 Å². The van der Waals surface area contributed by atoms with Crippen molar-refractivity contribution in [1.82, 2.24) is 0 Å². The number of rotatable bonds is 4. The van der Waals surface area contributed by atoms with Crippen LogP contribution in [0, 0.1) is 0 Å². The lowest BCUT2D eigenvalue weighted by Crippen LogP contribution is -2.19. The quantitative estimate of drug-likeness (QED) is 0.496. The molecule has 0 spiro atoms. The van der Waals surface area contributed by atoms with Crippen molar-refractivity contribution < 1.29 is 4.79 Å². The van der Waals surface area contributed by atoms with E-state index in [4.69, 9.17) is 11.6 Å². The van der Waals surface area contributed by atoms with Gasteiger partial charge >= 0.3 is 0 Å². The lowest BCUT2D eigenvalue weighted by molar-refractivity contribution is 0.0986. The zero-order valence-corrected chi connectivity index (χ0v) is 13.8. The van der Waals surface area contributed by atoms with Gasteiger partial charge in [0.2, 0.25) is 0 Å². The summed E-state index contributed by atoms with van der Waals surface area (Å²) in [6, 6.07) is 16.9. The largest absolute Gasteiger partial charge is 0.292 e. The van der Waals surface area contributed by atoms with Crippen LogP contribution in [0.3, 0.4) is 0 Å². The first-order chi connectivity index (χ1) is 9.09. The maximum Gasteiger partial charge on any atom is 0.182 e. The Balaban J connectivity index is 2.17. The van der Waals surface area contributed by atoms with Crippen LogP contribution in [0.15, 0.2) is 59.1 Å². The Hall–Kier alpha value is -0.640. The molecule has 0 fully saturated rings. The van der Waals surface area contributed by atoms with Gasteiger partial charge in [0.05, 0.1) is 4.83 Å². The molecule has 2 aromatic carbocycles. The summed E-state index contributed by atoms with van der Waals surface area (Å²) < 4.78 is 0.939. The van der Waals surface area contributed by atoms with Crippen LogP contribution in [-0.4, -0.2) is 11.2 Å². The molecule has 2 rings (SSSR count). The van der Waals surface area contributed by atoms with E-state index in [9.17, 15) is 4.79 Å². The molecule has 0 aromatic heterocycles. The standard InChI is InChI=1S/C15H11Br2ClO/c16-12-8-6-11(7-9-12)15(19)14(18)13(17)10-4-2-1-3-5-10/h1-9,13-14H/t13-,14+/m0/s1. The molecule has 0 aliphatic carbocycles. The predicted octanol–water partition coefficient (Wildman–Crippen LogP) is 5.38. The van der Waals surface area contributed by atoms with Crippen LogP contribution in [0.2, 0.25) is 0 Å². The second-order valence-corrected chi connectivity index (χ2v) is 6.46. The summed E-state index contributed by atoms with van der Waals surface area (Å²) in [5, 5.41) is -0.636. The minimum Gasteiger partial charge on any atom is -0.292 e. The second kappa shape index (κ2) is 6.69. The van der Waals surface area contributed by atoms with Gasteiger partial charge in [-0.2, -0.15) is 0 Å². The van der Waals surface area contributed by atoms with E-state index in [1.54, 1.807) is 12.1 Å². The van der Waals surface area contributed by atoms with E-state index in [2.05, 4.69) is 31.9 Å². The van der Waals surface area contributed by atoms with Crippen molar-refractivity contribution in [1.29, 1.82) is 0 Å². The maximum absolute atomic E-state index is 12.3. The SMILES string of the molecule is O=C(c1ccc(Br)cc1)[C@H](Cl)[C@@H](Br)c1ccccc1. The normalized spacial score (nSPS) is 13.8. The van der Waals surface area contributed by atoms with Gasteiger partial charge in [-0.1, -0.05) is 74.3 Å². The molecule has 0 saturated carbocycles. The molecule has 0 N–H and O–H groups in total. The molecule has 2 aromatic rings. The summed E-state index contributed by atoms with van der Waals surface area (Å²) in [7, 11) is 0. The zero-order chi connectivity index (χ0) is 13.8. The van der Waals surface area contributed by atoms with Crippen LogP contribution in [0.4, 0.5) is 0 Å². The smallest absolute Gasteiger partial charge is 0.182 e. The van der Waals surface area contributed by atoms with Gasteiger partial charge in [0.1, 0.15) is 5.38 Å². The van der Waals surface area contributed by atoms with E-state index >= 15 is 0 Å². The number of ketones is 1. The highest BCUT2D eigenvalue weighted by molar-refractivity contribution is 9.10. The molecule has 0 unspecified atom stereocenters. The van der Waals surface area contributed by atoms with Crippen LogP contribution in [-0.2, 0) is 0 Å².